The summed E-state index contributed by atoms with van der Waals surface area (Å²) in [6.45, 7) is 0. The second-order valence-corrected chi connectivity index (χ2v) is 2.77. The molecule has 58 valence electrons. The molecule has 0 aromatic carbocycles. The third-order valence-electron chi connectivity index (χ3n) is 1.73. The lowest BCUT2D eigenvalue weighted by molar-refractivity contribution is 0.709. The van der Waals surface area contributed by atoms with Gasteiger partial charge in [-0.2, -0.15) is 0 Å². The monoisotopic (exact) mass is 146 g/mol. The lowest BCUT2D eigenvalue weighted by atomic mass is 10.1. The first kappa shape index (κ1) is 8.22. The van der Waals surface area contributed by atoms with Crippen LogP contribution in [-0.2, 0) is 0 Å². The van der Waals surface area contributed by atoms with Crippen molar-refractivity contribution in [3.8, 4) is 23.7 Å². The minimum atomic E-state index is 0.965. The lowest BCUT2D eigenvalue weighted by Crippen LogP contribution is -1.74. The smallest absolute Gasteiger partial charge is 0.0198 e. The molecule has 11 heavy (non-hydrogen) atoms. The molecule has 1 rings (SSSR count). The van der Waals surface area contributed by atoms with Gasteiger partial charge in [0, 0.05) is 25.7 Å². The zero-order valence-corrected chi connectivity index (χ0v) is 6.95. The first-order valence-corrected chi connectivity index (χ1v) is 4.41. The average Bonchev–Trinajstić information content (AvgIpc) is 2.08. The summed E-state index contributed by atoms with van der Waals surface area (Å²) < 4.78 is 0. The molecule has 0 bridgehead atoms. The molecular weight excluding hydrogens is 132 g/mol. The molecule has 0 fully saturated rings. The Morgan fingerprint density at radius 3 is 1.45 bits per heavy atom. The van der Waals surface area contributed by atoms with E-state index in [9.17, 15) is 0 Å². The average molecular weight is 146 g/mol. The summed E-state index contributed by atoms with van der Waals surface area (Å²) in [5.74, 6) is 12.6. The summed E-state index contributed by atoms with van der Waals surface area (Å²) >= 11 is 0. The van der Waals surface area contributed by atoms with Gasteiger partial charge in [0.2, 0.25) is 0 Å². The van der Waals surface area contributed by atoms with E-state index in [-0.39, 0.29) is 0 Å². The highest BCUT2D eigenvalue weighted by Crippen LogP contribution is 2.02. The highest BCUT2D eigenvalue weighted by molar-refractivity contribution is 5.05. The normalized spacial score (nSPS) is 18.2. The van der Waals surface area contributed by atoms with Crippen LogP contribution in [0.2, 0.25) is 0 Å². The van der Waals surface area contributed by atoms with Crippen LogP contribution in [-0.4, -0.2) is 0 Å². The maximum Gasteiger partial charge on any atom is 0.0198 e. The van der Waals surface area contributed by atoms with Crippen LogP contribution in [0.1, 0.15) is 44.9 Å². The minimum Gasteiger partial charge on any atom is -0.103 e. The maximum absolute atomic E-state index is 3.16. The Labute approximate surface area is 69.4 Å². The van der Waals surface area contributed by atoms with Gasteiger partial charge in [0.25, 0.3) is 0 Å². The topological polar surface area (TPSA) is 0 Å². The second-order valence-electron chi connectivity index (χ2n) is 2.77. The fraction of sp³-hybridized carbons (Fsp3) is 0.636. The van der Waals surface area contributed by atoms with Gasteiger partial charge in [-0.3, -0.25) is 0 Å². The first-order valence-electron chi connectivity index (χ1n) is 4.41. The van der Waals surface area contributed by atoms with E-state index in [1.165, 1.54) is 19.3 Å². The lowest BCUT2D eigenvalue weighted by Gasteiger charge is -1.90. The molecule has 0 radical (unpaired) electrons. The van der Waals surface area contributed by atoms with E-state index in [0.717, 1.165) is 25.7 Å². The molecule has 0 amide bonds. The van der Waals surface area contributed by atoms with Crippen LogP contribution in [0.5, 0.6) is 0 Å². The molecule has 0 aromatic rings. The molecule has 0 nitrogen and oxygen atoms in total. The van der Waals surface area contributed by atoms with Gasteiger partial charge < -0.3 is 0 Å². The van der Waals surface area contributed by atoms with E-state index < -0.39 is 0 Å². The SMILES string of the molecule is C1#CCCCCCC#CCC1. The van der Waals surface area contributed by atoms with Crippen LogP contribution in [0.15, 0.2) is 0 Å². The van der Waals surface area contributed by atoms with Crippen molar-refractivity contribution in [3.63, 3.8) is 0 Å². The van der Waals surface area contributed by atoms with E-state index in [4.69, 9.17) is 0 Å². The van der Waals surface area contributed by atoms with Gasteiger partial charge in [0.05, 0.1) is 0 Å². The van der Waals surface area contributed by atoms with E-state index in [0.29, 0.717) is 0 Å². The molecule has 1 aliphatic rings. The van der Waals surface area contributed by atoms with Crippen LogP contribution in [0, 0.1) is 23.7 Å². The van der Waals surface area contributed by atoms with Crippen LogP contribution in [0.4, 0.5) is 0 Å². The van der Waals surface area contributed by atoms with Gasteiger partial charge in [-0.15, -0.1) is 23.7 Å². The second kappa shape index (κ2) is 5.87. The molecule has 0 heteroatoms. The van der Waals surface area contributed by atoms with Gasteiger partial charge in [0.1, 0.15) is 0 Å². The Balaban J connectivity index is 2.31. The third-order valence-corrected chi connectivity index (χ3v) is 1.73. The Kier molecular flexibility index (Phi) is 4.39. The van der Waals surface area contributed by atoms with Gasteiger partial charge in [0.15, 0.2) is 0 Å². The Bertz CT molecular complexity index is 180. The van der Waals surface area contributed by atoms with Crippen LogP contribution < -0.4 is 0 Å². The Morgan fingerprint density at radius 1 is 0.455 bits per heavy atom. The van der Waals surface area contributed by atoms with Crippen molar-refractivity contribution in [2.24, 2.45) is 0 Å². The van der Waals surface area contributed by atoms with Crippen LogP contribution in [0.25, 0.3) is 0 Å². The first-order chi connectivity index (χ1) is 5.50. The van der Waals surface area contributed by atoms with Gasteiger partial charge in [-0.05, 0) is 12.8 Å². The molecule has 0 unspecified atom stereocenters. The van der Waals surface area contributed by atoms with Gasteiger partial charge in [-0.25, -0.2) is 0 Å². The number of hydrogen-bond donors (Lipinski definition) is 0. The highest BCUT2D eigenvalue weighted by Gasteiger charge is 1.86. The van der Waals surface area contributed by atoms with E-state index in [1.54, 1.807) is 0 Å². The van der Waals surface area contributed by atoms with E-state index in [2.05, 4.69) is 23.7 Å². The summed E-state index contributed by atoms with van der Waals surface area (Å²) in [6, 6.07) is 0. The van der Waals surface area contributed by atoms with E-state index >= 15 is 0 Å². The Hall–Kier alpha value is -0.880. The van der Waals surface area contributed by atoms with Crippen molar-refractivity contribution in [2.45, 2.75) is 44.9 Å². The van der Waals surface area contributed by atoms with Crippen molar-refractivity contribution in [3.05, 3.63) is 0 Å². The number of hydrogen-bond acceptors (Lipinski definition) is 0. The summed E-state index contributed by atoms with van der Waals surface area (Å²) in [6.07, 6.45) is 7.91. The molecule has 0 aromatic heterocycles. The van der Waals surface area contributed by atoms with Crippen molar-refractivity contribution >= 4 is 0 Å². The minimum absolute atomic E-state index is 0.965. The summed E-state index contributed by atoms with van der Waals surface area (Å²) in [4.78, 5) is 0. The summed E-state index contributed by atoms with van der Waals surface area (Å²) in [5, 5.41) is 0. The standard InChI is InChI=1S/C11H14/c1-2-4-6-8-10-11-9-7-5-3-1/h1-5,10-11H2. The molecule has 1 aliphatic carbocycles. The van der Waals surface area contributed by atoms with Crippen molar-refractivity contribution in [2.75, 3.05) is 0 Å². The van der Waals surface area contributed by atoms with Gasteiger partial charge >= 0.3 is 0 Å². The maximum atomic E-state index is 3.16. The largest absolute Gasteiger partial charge is 0.103 e. The predicted molar refractivity (Wildman–Crippen MR) is 47.9 cm³/mol. The molecule has 0 spiro atoms. The molecule has 0 N–H and O–H groups in total. The quantitative estimate of drug-likeness (QED) is 0.461. The van der Waals surface area contributed by atoms with Crippen molar-refractivity contribution in [1.82, 2.24) is 0 Å². The molecule has 0 saturated heterocycles. The molecule has 0 aliphatic heterocycles. The third kappa shape index (κ3) is 4.51. The fourth-order valence-electron chi connectivity index (χ4n) is 1.08. The van der Waals surface area contributed by atoms with Gasteiger partial charge in [-0.1, -0.05) is 6.42 Å². The molecule has 0 atom stereocenters. The molecule has 0 saturated carbocycles. The van der Waals surface area contributed by atoms with E-state index in [1.807, 2.05) is 0 Å². The van der Waals surface area contributed by atoms with Crippen LogP contribution in [0.3, 0.4) is 0 Å². The predicted octanol–water partition coefficient (Wildman–Crippen LogP) is 2.74. The Morgan fingerprint density at radius 2 is 0.909 bits per heavy atom. The zero-order valence-electron chi connectivity index (χ0n) is 6.95. The summed E-state index contributed by atoms with van der Waals surface area (Å²) in [5.41, 5.74) is 0. The van der Waals surface area contributed by atoms with Crippen molar-refractivity contribution in [1.29, 1.82) is 0 Å². The van der Waals surface area contributed by atoms with Crippen molar-refractivity contribution < 1.29 is 0 Å². The molecule has 0 heterocycles. The summed E-state index contributed by atoms with van der Waals surface area (Å²) in [7, 11) is 0. The highest BCUT2D eigenvalue weighted by atomic mass is 13.9. The molecular formula is C11H14. The van der Waals surface area contributed by atoms with Crippen LogP contribution >= 0.6 is 0 Å². The number of rotatable bonds is 0. The zero-order chi connectivity index (χ0) is 7.78. The fourth-order valence-corrected chi connectivity index (χ4v) is 1.08.